The molecule has 0 saturated heterocycles. The average Bonchev–Trinajstić information content (AvgIpc) is 3.42. The Morgan fingerprint density at radius 1 is 1.00 bits per heavy atom. The van der Waals surface area contributed by atoms with Crippen LogP contribution in [0.1, 0.15) is 21.7 Å². The number of ether oxygens (including phenoxy) is 2. The van der Waals surface area contributed by atoms with Crippen LogP contribution in [0.3, 0.4) is 0 Å². The fraction of sp³-hybridized carbons (Fsp3) is 0.0909. The maximum Gasteiger partial charge on any atom is 0.291 e. The van der Waals surface area contributed by atoms with Crippen molar-refractivity contribution in [2.45, 2.75) is 6.54 Å². The lowest BCUT2D eigenvalue weighted by Gasteiger charge is -2.07. The molecule has 3 aromatic rings. The first-order chi connectivity index (χ1) is 14.2. The summed E-state index contributed by atoms with van der Waals surface area (Å²) in [7, 11) is 0. The number of carbonyl (C=O) groups excluding carboxylic acids is 2. The van der Waals surface area contributed by atoms with Gasteiger partial charge in [-0.05, 0) is 53.6 Å². The molecule has 0 spiro atoms. The molecule has 29 heavy (non-hydrogen) atoms. The van der Waals surface area contributed by atoms with Gasteiger partial charge in [-0.2, -0.15) is 0 Å². The van der Waals surface area contributed by atoms with Crippen LogP contribution in [0.5, 0.6) is 11.5 Å². The Morgan fingerprint density at radius 3 is 2.76 bits per heavy atom. The highest BCUT2D eigenvalue weighted by Crippen LogP contribution is 2.32. The summed E-state index contributed by atoms with van der Waals surface area (Å²) in [5.74, 6) is 1.04. The Balaban J connectivity index is 1.31. The highest BCUT2D eigenvalue weighted by atomic mass is 16.7. The fourth-order valence-electron chi connectivity index (χ4n) is 2.80. The lowest BCUT2D eigenvalue weighted by atomic mass is 10.2. The maximum absolute atomic E-state index is 12.1. The molecule has 2 amide bonds. The van der Waals surface area contributed by atoms with Crippen LogP contribution in [0, 0.1) is 0 Å². The molecule has 0 aliphatic carbocycles. The number of anilines is 1. The monoisotopic (exact) mass is 390 g/mol. The van der Waals surface area contributed by atoms with E-state index >= 15 is 0 Å². The molecule has 2 aromatic carbocycles. The van der Waals surface area contributed by atoms with E-state index in [0.717, 1.165) is 11.1 Å². The SMILES string of the molecule is O=C(/C=C/c1ccc2c(c1)OCO2)NCc1cccc(NC(=O)c2ccco2)c1. The van der Waals surface area contributed by atoms with E-state index in [1.807, 2.05) is 30.3 Å². The highest BCUT2D eigenvalue weighted by molar-refractivity contribution is 6.02. The number of benzene rings is 2. The van der Waals surface area contributed by atoms with E-state index in [1.54, 1.807) is 30.3 Å². The van der Waals surface area contributed by atoms with Crippen molar-refractivity contribution >= 4 is 23.6 Å². The molecular formula is C22H18N2O5. The van der Waals surface area contributed by atoms with E-state index in [-0.39, 0.29) is 24.4 Å². The lowest BCUT2D eigenvalue weighted by molar-refractivity contribution is -0.116. The van der Waals surface area contributed by atoms with Crippen molar-refractivity contribution in [3.8, 4) is 11.5 Å². The van der Waals surface area contributed by atoms with Crippen molar-refractivity contribution < 1.29 is 23.5 Å². The molecule has 0 unspecified atom stereocenters. The molecule has 7 nitrogen and oxygen atoms in total. The van der Waals surface area contributed by atoms with E-state index in [1.165, 1.54) is 12.3 Å². The normalized spacial score (nSPS) is 12.1. The minimum atomic E-state index is -0.331. The molecule has 0 radical (unpaired) electrons. The zero-order chi connectivity index (χ0) is 20.1. The summed E-state index contributed by atoms with van der Waals surface area (Å²) in [4.78, 5) is 24.1. The minimum Gasteiger partial charge on any atom is -0.459 e. The molecule has 1 aliphatic rings. The molecular weight excluding hydrogens is 372 g/mol. The topological polar surface area (TPSA) is 89.8 Å². The average molecular weight is 390 g/mol. The van der Waals surface area contributed by atoms with Crippen molar-refractivity contribution in [1.82, 2.24) is 5.32 Å². The van der Waals surface area contributed by atoms with Gasteiger partial charge in [0.2, 0.25) is 12.7 Å². The van der Waals surface area contributed by atoms with Gasteiger partial charge >= 0.3 is 0 Å². The Hall–Kier alpha value is -4.00. The first-order valence-corrected chi connectivity index (χ1v) is 8.97. The van der Waals surface area contributed by atoms with Gasteiger partial charge in [0.15, 0.2) is 17.3 Å². The quantitative estimate of drug-likeness (QED) is 0.628. The van der Waals surface area contributed by atoms with Gasteiger partial charge < -0.3 is 24.5 Å². The van der Waals surface area contributed by atoms with Crippen LogP contribution >= 0.6 is 0 Å². The van der Waals surface area contributed by atoms with Crippen LogP contribution in [0.25, 0.3) is 6.08 Å². The zero-order valence-corrected chi connectivity index (χ0v) is 15.4. The zero-order valence-electron chi connectivity index (χ0n) is 15.4. The molecule has 7 heteroatoms. The van der Waals surface area contributed by atoms with E-state index in [2.05, 4.69) is 10.6 Å². The molecule has 0 atom stereocenters. The smallest absolute Gasteiger partial charge is 0.291 e. The number of furan rings is 1. The summed E-state index contributed by atoms with van der Waals surface area (Å²) in [6.45, 7) is 0.540. The van der Waals surface area contributed by atoms with Crippen molar-refractivity contribution in [2.75, 3.05) is 12.1 Å². The minimum absolute atomic E-state index is 0.212. The standard InChI is InChI=1S/C22H18N2O5/c25-21(9-7-15-6-8-18-20(12-15)29-14-28-18)23-13-16-3-1-4-17(11-16)24-22(26)19-5-2-10-27-19/h1-12H,13-14H2,(H,23,25)(H,24,26)/b9-7+. The van der Waals surface area contributed by atoms with Crippen LogP contribution in [0.2, 0.25) is 0 Å². The van der Waals surface area contributed by atoms with E-state index in [4.69, 9.17) is 13.9 Å². The number of rotatable bonds is 6. The number of nitrogens with one attached hydrogen (secondary N) is 2. The van der Waals surface area contributed by atoms with Gasteiger partial charge in [-0.1, -0.05) is 18.2 Å². The summed E-state index contributed by atoms with van der Waals surface area (Å²) in [6.07, 6.45) is 4.61. The number of hydrogen-bond acceptors (Lipinski definition) is 5. The van der Waals surface area contributed by atoms with Gasteiger partial charge in [0.1, 0.15) is 0 Å². The molecule has 2 N–H and O–H groups in total. The van der Waals surface area contributed by atoms with Gasteiger partial charge in [0.25, 0.3) is 5.91 Å². The molecule has 1 aliphatic heterocycles. The largest absolute Gasteiger partial charge is 0.459 e. The van der Waals surface area contributed by atoms with E-state index < -0.39 is 0 Å². The predicted octanol–water partition coefficient (Wildman–Crippen LogP) is 3.59. The second-order valence-corrected chi connectivity index (χ2v) is 6.30. The van der Waals surface area contributed by atoms with E-state index in [0.29, 0.717) is 23.7 Å². The molecule has 0 saturated carbocycles. The second-order valence-electron chi connectivity index (χ2n) is 6.30. The lowest BCUT2D eigenvalue weighted by Crippen LogP contribution is -2.20. The number of fused-ring (bicyclic) bond motifs is 1. The molecule has 4 rings (SSSR count). The highest BCUT2D eigenvalue weighted by Gasteiger charge is 2.12. The van der Waals surface area contributed by atoms with Crippen LogP contribution in [-0.2, 0) is 11.3 Å². The Labute approximate surface area is 166 Å². The van der Waals surface area contributed by atoms with Gasteiger partial charge in [0.05, 0.1) is 6.26 Å². The van der Waals surface area contributed by atoms with Crippen molar-refractivity contribution in [3.05, 3.63) is 83.8 Å². The molecule has 2 heterocycles. The van der Waals surface area contributed by atoms with Crippen molar-refractivity contribution in [1.29, 1.82) is 0 Å². The summed E-state index contributed by atoms with van der Waals surface area (Å²) in [5.41, 5.74) is 2.31. The van der Waals surface area contributed by atoms with Crippen LogP contribution in [0.4, 0.5) is 5.69 Å². The third-order valence-corrected chi connectivity index (χ3v) is 4.22. The first kappa shape index (κ1) is 18.4. The van der Waals surface area contributed by atoms with Gasteiger partial charge in [-0.25, -0.2) is 0 Å². The summed E-state index contributed by atoms with van der Waals surface area (Å²) < 4.78 is 15.7. The number of amides is 2. The van der Waals surface area contributed by atoms with Gasteiger partial charge in [-0.15, -0.1) is 0 Å². The number of carbonyl (C=O) groups is 2. The number of hydrogen-bond donors (Lipinski definition) is 2. The Kier molecular flexibility index (Phi) is 5.29. The Bertz CT molecular complexity index is 1060. The molecule has 0 fully saturated rings. The predicted molar refractivity (Wildman–Crippen MR) is 107 cm³/mol. The van der Waals surface area contributed by atoms with Gasteiger partial charge in [-0.3, -0.25) is 9.59 Å². The first-order valence-electron chi connectivity index (χ1n) is 8.97. The van der Waals surface area contributed by atoms with E-state index in [9.17, 15) is 9.59 Å². The Morgan fingerprint density at radius 2 is 1.90 bits per heavy atom. The maximum atomic E-state index is 12.1. The fourth-order valence-corrected chi connectivity index (χ4v) is 2.80. The summed E-state index contributed by atoms with van der Waals surface area (Å²) >= 11 is 0. The third-order valence-electron chi connectivity index (χ3n) is 4.22. The third kappa shape index (κ3) is 4.65. The molecule has 0 bridgehead atoms. The molecule has 146 valence electrons. The summed E-state index contributed by atoms with van der Waals surface area (Å²) in [6, 6.07) is 16.0. The van der Waals surface area contributed by atoms with Crippen LogP contribution < -0.4 is 20.1 Å². The van der Waals surface area contributed by atoms with Crippen LogP contribution in [0.15, 0.2) is 71.4 Å². The van der Waals surface area contributed by atoms with Crippen LogP contribution in [-0.4, -0.2) is 18.6 Å². The van der Waals surface area contributed by atoms with Gasteiger partial charge in [0, 0.05) is 18.3 Å². The summed E-state index contributed by atoms with van der Waals surface area (Å²) in [5, 5.41) is 5.57. The van der Waals surface area contributed by atoms with Crippen molar-refractivity contribution in [3.63, 3.8) is 0 Å². The van der Waals surface area contributed by atoms with Crippen molar-refractivity contribution in [2.24, 2.45) is 0 Å². The molecule has 1 aromatic heterocycles. The second kappa shape index (κ2) is 8.35.